The number of rotatable bonds is 4. The normalized spacial score (nSPS) is 12.2. The molecule has 1 atom stereocenters. The summed E-state index contributed by atoms with van der Waals surface area (Å²) in [5.74, 6) is 0.630. The Morgan fingerprint density at radius 3 is 2.50 bits per heavy atom. The van der Waals surface area contributed by atoms with Crippen LogP contribution in [0.15, 0.2) is 48.5 Å². The topological polar surface area (TPSA) is 29.5 Å². The van der Waals surface area contributed by atoms with Crippen molar-refractivity contribution in [3.05, 3.63) is 64.7 Å². The third-order valence-electron chi connectivity index (χ3n) is 2.68. The van der Waals surface area contributed by atoms with Gasteiger partial charge in [0.2, 0.25) is 0 Å². The SMILES string of the molecule is CC(O)c1ccc(OCc2ccccc2)c(Cl)c1. The highest BCUT2D eigenvalue weighted by atomic mass is 35.5. The summed E-state index contributed by atoms with van der Waals surface area (Å²) in [5.41, 5.74) is 1.88. The molecule has 2 rings (SSSR count). The van der Waals surface area contributed by atoms with Crippen molar-refractivity contribution < 1.29 is 9.84 Å². The minimum absolute atomic E-state index is 0.481. The Hall–Kier alpha value is -1.51. The molecule has 1 unspecified atom stereocenters. The van der Waals surface area contributed by atoms with Gasteiger partial charge in [-0.15, -0.1) is 0 Å². The van der Waals surface area contributed by atoms with E-state index in [4.69, 9.17) is 16.3 Å². The van der Waals surface area contributed by atoms with Gasteiger partial charge in [0.15, 0.2) is 0 Å². The number of ether oxygens (including phenoxy) is 1. The summed E-state index contributed by atoms with van der Waals surface area (Å²) in [6.45, 7) is 2.19. The summed E-state index contributed by atoms with van der Waals surface area (Å²) in [7, 11) is 0. The van der Waals surface area contributed by atoms with Gasteiger partial charge in [0.05, 0.1) is 11.1 Å². The lowest BCUT2D eigenvalue weighted by Crippen LogP contribution is -1.97. The Morgan fingerprint density at radius 2 is 1.89 bits per heavy atom. The lowest BCUT2D eigenvalue weighted by molar-refractivity contribution is 0.199. The summed E-state index contributed by atoms with van der Waals surface area (Å²) in [5, 5.41) is 9.97. The van der Waals surface area contributed by atoms with Crippen molar-refractivity contribution in [2.45, 2.75) is 19.6 Å². The zero-order chi connectivity index (χ0) is 13.0. The van der Waals surface area contributed by atoms with Crippen LogP contribution in [0.5, 0.6) is 5.75 Å². The molecular weight excluding hydrogens is 248 g/mol. The van der Waals surface area contributed by atoms with E-state index in [0.29, 0.717) is 17.4 Å². The largest absolute Gasteiger partial charge is 0.487 e. The van der Waals surface area contributed by atoms with Crippen molar-refractivity contribution in [2.75, 3.05) is 0 Å². The van der Waals surface area contributed by atoms with Crippen molar-refractivity contribution in [2.24, 2.45) is 0 Å². The summed E-state index contributed by atoms with van der Waals surface area (Å²) < 4.78 is 5.64. The Morgan fingerprint density at radius 1 is 1.17 bits per heavy atom. The van der Waals surface area contributed by atoms with E-state index in [2.05, 4.69) is 0 Å². The highest BCUT2D eigenvalue weighted by Crippen LogP contribution is 2.28. The van der Waals surface area contributed by atoms with Crippen LogP contribution in [0.25, 0.3) is 0 Å². The fourth-order valence-electron chi connectivity index (χ4n) is 1.63. The zero-order valence-corrected chi connectivity index (χ0v) is 10.9. The molecule has 94 valence electrons. The second-order valence-corrected chi connectivity index (χ2v) is 4.55. The van der Waals surface area contributed by atoms with Gasteiger partial charge in [-0.2, -0.15) is 0 Å². The second kappa shape index (κ2) is 5.89. The van der Waals surface area contributed by atoms with Gasteiger partial charge >= 0.3 is 0 Å². The van der Waals surface area contributed by atoms with E-state index in [1.807, 2.05) is 36.4 Å². The standard InChI is InChI=1S/C15H15ClO2/c1-11(17)13-7-8-15(14(16)9-13)18-10-12-5-3-2-4-6-12/h2-9,11,17H,10H2,1H3. The van der Waals surface area contributed by atoms with Gasteiger partial charge in [0.1, 0.15) is 12.4 Å². The Labute approximate surface area is 112 Å². The number of hydrogen-bond donors (Lipinski definition) is 1. The van der Waals surface area contributed by atoms with Crippen LogP contribution in [-0.2, 0) is 6.61 Å². The molecule has 0 aliphatic rings. The molecule has 0 amide bonds. The monoisotopic (exact) mass is 262 g/mol. The van der Waals surface area contributed by atoms with E-state index in [1.165, 1.54) is 0 Å². The van der Waals surface area contributed by atoms with Gasteiger partial charge < -0.3 is 9.84 Å². The van der Waals surface area contributed by atoms with Gasteiger partial charge in [-0.05, 0) is 30.2 Å². The van der Waals surface area contributed by atoms with Crippen molar-refractivity contribution in [1.82, 2.24) is 0 Å². The van der Waals surface area contributed by atoms with E-state index < -0.39 is 6.10 Å². The van der Waals surface area contributed by atoms with Crippen LogP contribution in [0, 0.1) is 0 Å². The highest BCUT2D eigenvalue weighted by molar-refractivity contribution is 6.32. The van der Waals surface area contributed by atoms with Crippen LogP contribution in [0.2, 0.25) is 5.02 Å². The Balaban J connectivity index is 2.06. The van der Waals surface area contributed by atoms with Gasteiger partial charge in [-0.3, -0.25) is 0 Å². The average Bonchev–Trinajstić information content (AvgIpc) is 2.38. The van der Waals surface area contributed by atoms with Crippen LogP contribution in [-0.4, -0.2) is 5.11 Å². The molecule has 0 saturated heterocycles. The van der Waals surface area contributed by atoms with Crippen molar-refractivity contribution in [3.63, 3.8) is 0 Å². The molecule has 2 aromatic carbocycles. The molecule has 2 aromatic rings. The summed E-state index contributed by atoms with van der Waals surface area (Å²) >= 11 is 6.10. The van der Waals surface area contributed by atoms with E-state index in [1.54, 1.807) is 19.1 Å². The Kier molecular flexibility index (Phi) is 4.24. The molecule has 3 heteroatoms. The summed E-state index contributed by atoms with van der Waals surface area (Å²) in [6.07, 6.45) is -0.523. The first-order valence-corrected chi connectivity index (χ1v) is 6.19. The van der Waals surface area contributed by atoms with Crippen LogP contribution < -0.4 is 4.74 Å². The fraction of sp³-hybridized carbons (Fsp3) is 0.200. The smallest absolute Gasteiger partial charge is 0.138 e. The summed E-state index contributed by atoms with van der Waals surface area (Å²) in [6, 6.07) is 15.2. The molecule has 0 aliphatic carbocycles. The predicted molar refractivity (Wildman–Crippen MR) is 72.9 cm³/mol. The van der Waals surface area contributed by atoms with Gasteiger partial charge in [-0.1, -0.05) is 48.0 Å². The van der Waals surface area contributed by atoms with Gasteiger partial charge in [0, 0.05) is 0 Å². The Bertz CT molecular complexity index is 509. The average molecular weight is 263 g/mol. The minimum atomic E-state index is -0.523. The third-order valence-corrected chi connectivity index (χ3v) is 2.97. The molecule has 0 radical (unpaired) electrons. The fourth-order valence-corrected chi connectivity index (χ4v) is 1.87. The van der Waals surface area contributed by atoms with E-state index in [9.17, 15) is 5.11 Å². The van der Waals surface area contributed by atoms with E-state index >= 15 is 0 Å². The maximum absolute atomic E-state index is 9.45. The molecule has 18 heavy (non-hydrogen) atoms. The maximum atomic E-state index is 9.45. The minimum Gasteiger partial charge on any atom is -0.487 e. The van der Waals surface area contributed by atoms with Crippen molar-refractivity contribution >= 4 is 11.6 Å². The number of halogens is 1. The molecule has 0 bridgehead atoms. The van der Waals surface area contributed by atoms with Gasteiger partial charge in [0.25, 0.3) is 0 Å². The molecule has 2 nitrogen and oxygen atoms in total. The van der Waals surface area contributed by atoms with Crippen LogP contribution >= 0.6 is 11.6 Å². The molecule has 0 saturated carbocycles. The second-order valence-electron chi connectivity index (χ2n) is 4.14. The molecule has 0 aliphatic heterocycles. The number of benzene rings is 2. The van der Waals surface area contributed by atoms with Crippen molar-refractivity contribution in [3.8, 4) is 5.75 Å². The molecule has 1 N–H and O–H groups in total. The van der Waals surface area contributed by atoms with Crippen molar-refractivity contribution in [1.29, 1.82) is 0 Å². The molecule has 0 heterocycles. The molecular formula is C15H15ClO2. The number of hydrogen-bond acceptors (Lipinski definition) is 2. The van der Waals surface area contributed by atoms with E-state index in [0.717, 1.165) is 11.1 Å². The van der Waals surface area contributed by atoms with E-state index in [-0.39, 0.29) is 0 Å². The zero-order valence-electron chi connectivity index (χ0n) is 10.1. The number of aliphatic hydroxyl groups is 1. The number of aliphatic hydroxyl groups excluding tert-OH is 1. The quantitative estimate of drug-likeness (QED) is 0.903. The first kappa shape index (κ1) is 12.9. The van der Waals surface area contributed by atoms with Crippen LogP contribution in [0.1, 0.15) is 24.2 Å². The third kappa shape index (κ3) is 3.25. The lowest BCUT2D eigenvalue weighted by Gasteiger charge is -2.10. The summed E-state index contributed by atoms with van der Waals surface area (Å²) in [4.78, 5) is 0. The van der Waals surface area contributed by atoms with Gasteiger partial charge in [-0.25, -0.2) is 0 Å². The first-order chi connectivity index (χ1) is 8.66. The lowest BCUT2D eigenvalue weighted by atomic mass is 10.1. The van der Waals surface area contributed by atoms with Crippen LogP contribution in [0.3, 0.4) is 0 Å². The first-order valence-electron chi connectivity index (χ1n) is 5.81. The highest BCUT2D eigenvalue weighted by Gasteiger charge is 2.06. The molecule has 0 fully saturated rings. The predicted octanol–water partition coefficient (Wildman–Crippen LogP) is 3.97. The maximum Gasteiger partial charge on any atom is 0.138 e. The molecule has 0 aromatic heterocycles. The van der Waals surface area contributed by atoms with Crippen LogP contribution in [0.4, 0.5) is 0 Å². The molecule has 0 spiro atoms.